The summed E-state index contributed by atoms with van der Waals surface area (Å²) in [6.45, 7) is 4.58. The van der Waals surface area contributed by atoms with Crippen LogP contribution in [0.1, 0.15) is 90.9 Å². The molecule has 1 saturated carbocycles. The van der Waals surface area contributed by atoms with Crippen molar-refractivity contribution in [2.45, 2.75) is 90.9 Å². The number of rotatable bonds is 6. The topological polar surface area (TPSA) is 23.8 Å². The first-order valence-electron chi connectivity index (χ1n) is 9.34. The minimum absolute atomic E-state index is 0.0834. The Morgan fingerprint density at radius 3 is 2.43 bits per heavy atom. The van der Waals surface area contributed by atoms with E-state index in [1.54, 1.807) is 0 Å². The smallest absolute Gasteiger partial charge is 0.0782 e. The van der Waals surface area contributed by atoms with Crippen LogP contribution >= 0.6 is 0 Å². The van der Waals surface area contributed by atoms with Gasteiger partial charge in [-0.1, -0.05) is 57.6 Å². The van der Waals surface area contributed by atoms with E-state index in [-0.39, 0.29) is 5.41 Å². The normalized spacial score (nSPS) is 33.3. The Balaban J connectivity index is 1.90. The standard InChI is InChI=1S/C20H33N/c1-3-5-6-7-18-12-14-20(16-21,15-13-18)19-10-8-17(4-2)9-11-19/h10,17-18H,3-9,11-15H2,1-2H3/t17-,18?,20?/m0/s1. The van der Waals surface area contributed by atoms with Crippen LogP contribution in [0.3, 0.4) is 0 Å². The molecule has 0 heterocycles. The first kappa shape index (κ1) is 16.6. The summed E-state index contributed by atoms with van der Waals surface area (Å²) < 4.78 is 0. The van der Waals surface area contributed by atoms with Crippen molar-refractivity contribution in [2.24, 2.45) is 17.3 Å². The fourth-order valence-corrected chi connectivity index (χ4v) is 4.34. The molecule has 0 amide bonds. The molecule has 0 N–H and O–H groups in total. The van der Waals surface area contributed by atoms with Gasteiger partial charge < -0.3 is 0 Å². The summed E-state index contributed by atoms with van der Waals surface area (Å²) in [6.07, 6.45) is 17.8. The lowest BCUT2D eigenvalue weighted by atomic mass is 9.64. The monoisotopic (exact) mass is 287 g/mol. The van der Waals surface area contributed by atoms with Crippen molar-refractivity contribution in [3.05, 3.63) is 11.6 Å². The van der Waals surface area contributed by atoms with Gasteiger partial charge in [0.05, 0.1) is 11.5 Å². The molecule has 2 aliphatic rings. The number of allylic oxidation sites excluding steroid dienone is 2. The summed E-state index contributed by atoms with van der Waals surface area (Å²) in [6, 6.07) is 2.74. The molecule has 0 aromatic rings. The minimum atomic E-state index is -0.0834. The third kappa shape index (κ3) is 4.12. The number of nitriles is 1. The second-order valence-corrected chi connectivity index (χ2v) is 7.41. The van der Waals surface area contributed by atoms with Gasteiger partial charge >= 0.3 is 0 Å². The molecule has 0 aromatic heterocycles. The molecule has 2 rings (SSSR count). The van der Waals surface area contributed by atoms with Crippen LogP contribution in [0, 0.1) is 28.6 Å². The predicted molar refractivity (Wildman–Crippen MR) is 89.9 cm³/mol. The van der Waals surface area contributed by atoms with Gasteiger partial charge in [0.1, 0.15) is 0 Å². The lowest BCUT2D eigenvalue weighted by Crippen LogP contribution is -2.29. The van der Waals surface area contributed by atoms with Crippen LogP contribution in [0.2, 0.25) is 0 Å². The van der Waals surface area contributed by atoms with Crippen molar-refractivity contribution in [3.63, 3.8) is 0 Å². The van der Waals surface area contributed by atoms with E-state index in [0.29, 0.717) is 0 Å². The zero-order valence-electron chi connectivity index (χ0n) is 14.2. The van der Waals surface area contributed by atoms with E-state index in [4.69, 9.17) is 0 Å². The number of hydrogen-bond donors (Lipinski definition) is 0. The molecule has 0 radical (unpaired) electrons. The van der Waals surface area contributed by atoms with Crippen molar-refractivity contribution in [2.75, 3.05) is 0 Å². The van der Waals surface area contributed by atoms with Crippen LogP contribution in [-0.2, 0) is 0 Å². The van der Waals surface area contributed by atoms with Gasteiger partial charge in [0.15, 0.2) is 0 Å². The Morgan fingerprint density at radius 1 is 1.14 bits per heavy atom. The van der Waals surface area contributed by atoms with Crippen molar-refractivity contribution in [1.82, 2.24) is 0 Å². The summed E-state index contributed by atoms with van der Waals surface area (Å²) in [5.41, 5.74) is 1.42. The maximum atomic E-state index is 9.83. The first-order chi connectivity index (χ1) is 10.2. The molecular formula is C20H33N. The van der Waals surface area contributed by atoms with Crippen LogP contribution in [0.15, 0.2) is 11.6 Å². The predicted octanol–water partition coefficient (Wildman–Crippen LogP) is 6.40. The quantitative estimate of drug-likeness (QED) is 0.409. The van der Waals surface area contributed by atoms with Gasteiger partial charge in [-0.05, 0) is 56.8 Å². The third-order valence-electron chi connectivity index (χ3n) is 6.10. The van der Waals surface area contributed by atoms with Gasteiger partial charge in [-0.15, -0.1) is 0 Å². The zero-order valence-corrected chi connectivity index (χ0v) is 14.2. The van der Waals surface area contributed by atoms with E-state index in [2.05, 4.69) is 26.0 Å². The summed E-state index contributed by atoms with van der Waals surface area (Å²) in [5.74, 6) is 1.76. The van der Waals surface area contributed by atoms with Crippen molar-refractivity contribution in [3.8, 4) is 6.07 Å². The Labute approximate surface area is 131 Å². The molecule has 2 aliphatic carbocycles. The molecular weight excluding hydrogens is 254 g/mol. The molecule has 0 saturated heterocycles. The summed E-state index contributed by atoms with van der Waals surface area (Å²) >= 11 is 0. The average molecular weight is 287 g/mol. The van der Waals surface area contributed by atoms with Gasteiger partial charge in [0.2, 0.25) is 0 Å². The highest BCUT2D eigenvalue weighted by atomic mass is 14.4. The first-order valence-corrected chi connectivity index (χ1v) is 9.34. The van der Waals surface area contributed by atoms with E-state index in [1.165, 1.54) is 69.8 Å². The van der Waals surface area contributed by atoms with E-state index in [9.17, 15) is 5.26 Å². The number of unbranched alkanes of at least 4 members (excludes halogenated alkanes) is 2. The molecule has 0 aliphatic heterocycles. The molecule has 0 spiro atoms. The number of hydrogen-bond acceptors (Lipinski definition) is 1. The van der Waals surface area contributed by atoms with Crippen molar-refractivity contribution < 1.29 is 0 Å². The van der Waals surface area contributed by atoms with Crippen molar-refractivity contribution >= 4 is 0 Å². The van der Waals surface area contributed by atoms with E-state index >= 15 is 0 Å². The average Bonchev–Trinajstić information content (AvgIpc) is 2.56. The van der Waals surface area contributed by atoms with Gasteiger partial charge in [-0.2, -0.15) is 5.26 Å². The lowest BCUT2D eigenvalue weighted by Gasteiger charge is -2.39. The maximum absolute atomic E-state index is 9.83. The molecule has 1 heteroatoms. The van der Waals surface area contributed by atoms with Crippen molar-refractivity contribution in [1.29, 1.82) is 5.26 Å². The highest BCUT2D eigenvalue weighted by Crippen LogP contribution is 2.48. The fraction of sp³-hybridized carbons (Fsp3) is 0.850. The zero-order chi connectivity index (χ0) is 15.1. The highest BCUT2D eigenvalue weighted by molar-refractivity contribution is 5.26. The summed E-state index contributed by atoms with van der Waals surface area (Å²) in [7, 11) is 0. The largest absolute Gasteiger partial charge is 0.197 e. The molecule has 21 heavy (non-hydrogen) atoms. The van der Waals surface area contributed by atoms with Crippen LogP contribution in [0.4, 0.5) is 0 Å². The summed E-state index contributed by atoms with van der Waals surface area (Å²) in [5, 5.41) is 9.83. The van der Waals surface area contributed by atoms with Gasteiger partial charge in [0, 0.05) is 0 Å². The Morgan fingerprint density at radius 2 is 1.90 bits per heavy atom. The van der Waals surface area contributed by atoms with E-state index in [0.717, 1.165) is 24.7 Å². The third-order valence-corrected chi connectivity index (χ3v) is 6.10. The van der Waals surface area contributed by atoms with E-state index in [1.807, 2.05) is 0 Å². The molecule has 1 nitrogen and oxygen atoms in total. The molecule has 1 fully saturated rings. The number of nitrogens with zero attached hydrogens (tertiary/aromatic N) is 1. The van der Waals surface area contributed by atoms with Gasteiger partial charge in [0.25, 0.3) is 0 Å². The van der Waals surface area contributed by atoms with Gasteiger partial charge in [-0.3, -0.25) is 0 Å². The fourth-order valence-electron chi connectivity index (χ4n) is 4.34. The second kappa shape index (κ2) is 8.02. The van der Waals surface area contributed by atoms with E-state index < -0.39 is 0 Å². The van der Waals surface area contributed by atoms with Crippen LogP contribution < -0.4 is 0 Å². The lowest BCUT2D eigenvalue weighted by molar-refractivity contribution is 0.222. The van der Waals surface area contributed by atoms with Crippen LogP contribution in [-0.4, -0.2) is 0 Å². The van der Waals surface area contributed by atoms with Crippen LogP contribution in [0.5, 0.6) is 0 Å². The SMILES string of the molecule is CCCCCC1CCC(C#N)(C2=CC[C@H](CC)CC2)CC1. The molecule has 1 atom stereocenters. The second-order valence-electron chi connectivity index (χ2n) is 7.41. The molecule has 0 bridgehead atoms. The van der Waals surface area contributed by atoms with Crippen LogP contribution in [0.25, 0.3) is 0 Å². The summed E-state index contributed by atoms with van der Waals surface area (Å²) in [4.78, 5) is 0. The Hall–Kier alpha value is -0.770. The molecule has 118 valence electrons. The maximum Gasteiger partial charge on any atom is 0.0782 e. The Bertz CT molecular complexity index is 379. The minimum Gasteiger partial charge on any atom is -0.197 e. The highest BCUT2D eigenvalue weighted by Gasteiger charge is 2.39. The van der Waals surface area contributed by atoms with Gasteiger partial charge in [-0.25, -0.2) is 0 Å². The molecule has 0 unspecified atom stereocenters. The Kier molecular flexibility index (Phi) is 6.34. The molecule has 0 aromatic carbocycles.